The molecular formula is C25H26N2O7. The third kappa shape index (κ3) is 4.68. The predicted octanol–water partition coefficient (Wildman–Crippen LogP) is 2.77. The quantitative estimate of drug-likeness (QED) is 0.463. The van der Waals surface area contributed by atoms with Gasteiger partial charge in [0.25, 0.3) is 0 Å². The topological polar surface area (TPSA) is 141 Å². The molecule has 0 saturated heterocycles. The van der Waals surface area contributed by atoms with Gasteiger partial charge < -0.3 is 30.0 Å². The van der Waals surface area contributed by atoms with Crippen molar-refractivity contribution in [1.82, 2.24) is 5.32 Å². The van der Waals surface area contributed by atoms with E-state index >= 15 is 0 Å². The molecule has 34 heavy (non-hydrogen) atoms. The van der Waals surface area contributed by atoms with Gasteiger partial charge in [0.05, 0.1) is 11.6 Å². The first kappa shape index (κ1) is 23.2. The van der Waals surface area contributed by atoms with Crippen LogP contribution in [0.15, 0.2) is 51.9 Å². The van der Waals surface area contributed by atoms with Gasteiger partial charge in [0, 0.05) is 29.5 Å². The van der Waals surface area contributed by atoms with Crippen LogP contribution in [0.25, 0.3) is 11.0 Å². The summed E-state index contributed by atoms with van der Waals surface area (Å²) in [7, 11) is 0. The first-order valence-corrected chi connectivity index (χ1v) is 11.0. The summed E-state index contributed by atoms with van der Waals surface area (Å²) in [4.78, 5) is 38.2. The fourth-order valence-corrected chi connectivity index (χ4v) is 4.10. The molecule has 4 rings (SSSR count). The van der Waals surface area contributed by atoms with Crippen molar-refractivity contribution in [3.8, 4) is 17.2 Å². The molecule has 0 fully saturated rings. The molecule has 9 nitrogen and oxygen atoms in total. The number of aromatic hydroxyl groups is 1. The van der Waals surface area contributed by atoms with E-state index in [1.165, 1.54) is 12.3 Å². The van der Waals surface area contributed by atoms with E-state index in [-0.39, 0.29) is 35.9 Å². The number of phenolic OH excluding ortho intramolecular Hbond substituents is 1. The molecule has 4 N–H and O–H groups in total. The number of hydrogen-bond acceptors (Lipinski definition) is 7. The van der Waals surface area contributed by atoms with E-state index < -0.39 is 23.8 Å². The Morgan fingerprint density at radius 1 is 1.12 bits per heavy atom. The largest absolute Gasteiger partial charge is 0.508 e. The average molecular weight is 466 g/mol. The maximum absolute atomic E-state index is 13.3. The zero-order valence-electron chi connectivity index (χ0n) is 18.9. The first-order valence-electron chi connectivity index (χ1n) is 11.0. The lowest BCUT2D eigenvalue weighted by molar-refractivity contribution is -0.127. The number of para-hydroxylation sites is 1. The minimum absolute atomic E-state index is 0.00299. The number of phenols is 1. The third-order valence-corrected chi connectivity index (χ3v) is 5.75. The molecule has 178 valence electrons. The number of fused-ring (bicyclic) bond motifs is 2. The van der Waals surface area contributed by atoms with E-state index in [1.807, 2.05) is 13.8 Å². The SMILES string of the molecule is CC(C)CC(NC(=O)CC(c1cc2c(cc1O)OCO2)c1coc2ccccc2c1=O)C(N)=O. The molecule has 2 heterocycles. The lowest BCUT2D eigenvalue weighted by atomic mass is 9.87. The highest BCUT2D eigenvalue weighted by Gasteiger charge is 2.29. The van der Waals surface area contributed by atoms with Crippen LogP contribution in [0.3, 0.4) is 0 Å². The van der Waals surface area contributed by atoms with E-state index in [2.05, 4.69) is 5.32 Å². The molecule has 2 aromatic carbocycles. The van der Waals surface area contributed by atoms with Crippen LogP contribution in [0.2, 0.25) is 0 Å². The Hall–Kier alpha value is -4.01. The number of nitrogens with two attached hydrogens (primary N) is 1. The number of carbonyl (C=O) groups excluding carboxylic acids is 2. The summed E-state index contributed by atoms with van der Waals surface area (Å²) >= 11 is 0. The Morgan fingerprint density at radius 3 is 2.53 bits per heavy atom. The fourth-order valence-electron chi connectivity index (χ4n) is 4.10. The highest BCUT2D eigenvalue weighted by atomic mass is 16.7. The molecule has 0 bridgehead atoms. The number of ether oxygens (including phenoxy) is 2. The van der Waals surface area contributed by atoms with Crippen molar-refractivity contribution in [2.24, 2.45) is 11.7 Å². The molecule has 1 aliphatic heterocycles. The molecule has 1 aromatic heterocycles. The summed E-state index contributed by atoms with van der Waals surface area (Å²) < 4.78 is 16.4. The second kappa shape index (κ2) is 9.46. The van der Waals surface area contributed by atoms with E-state index in [0.717, 1.165) is 0 Å². The van der Waals surface area contributed by atoms with E-state index in [4.69, 9.17) is 19.6 Å². The number of amides is 2. The summed E-state index contributed by atoms with van der Waals surface area (Å²) in [6, 6.07) is 8.84. The highest BCUT2D eigenvalue weighted by Crippen LogP contribution is 2.42. The van der Waals surface area contributed by atoms with Crippen molar-refractivity contribution >= 4 is 22.8 Å². The number of benzene rings is 2. The summed E-state index contributed by atoms with van der Waals surface area (Å²) in [6.07, 6.45) is 1.43. The lowest BCUT2D eigenvalue weighted by Gasteiger charge is -2.21. The zero-order chi connectivity index (χ0) is 24.4. The number of primary amides is 1. The molecule has 0 aliphatic carbocycles. The Bertz CT molecular complexity index is 1300. The van der Waals surface area contributed by atoms with Gasteiger partial charge in [-0.25, -0.2) is 0 Å². The number of rotatable bonds is 8. The van der Waals surface area contributed by atoms with Crippen LogP contribution in [-0.2, 0) is 9.59 Å². The van der Waals surface area contributed by atoms with Gasteiger partial charge in [-0.1, -0.05) is 26.0 Å². The first-order chi connectivity index (χ1) is 16.2. The Balaban J connectivity index is 1.75. The monoisotopic (exact) mass is 466 g/mol. The van der Waals surface area contributed by atoms with E-state index in [9.17, 15) is 19.5 Å². The van der Waals surface area contributed by atoms with Gasteiger partial charge in [-0.3, -0.25) is 14.4 Å². The Morgan fingerprint density at radius 2 is 1.82 bits per heavy atom. The Labute approximate surface area is 195 Å². The number of carbonyl (C=O) groups is 2. The van der Waals surface area contributed by atoms with Crippen molar-refractivity contribution in [1.29, 1.82) is 0 Å². The highest BCUT2D eigenvalue weighted by molar-refractivity contribution is 5.87. The van der Waals surface area contributed by atoms with Gasteiger partial charge in [0.15, 0.2) is 16.9 Å². The van der Waals surface area contributed by atoms with Crippen LogP contribution in [0.4, 0.5) is 0 Å². The molecule has 0 radical (unpaired) electrons. The normalized spacial score (nSPS) is 14.2. The molecule has 2 atom stereocenters. The van der Waals surface area contributed by atoms with Gasteiger partial charge in [-0.15, -0.1) is 0 Å². The van der Waals surface area contributed by atoms with Crippen LogP contribution in [0, 0.1) is 5.92 Å². The smallest absolute Gasteiger partial charge is 0.240 e. The third-order valence-electron chi connectivity index (χ3n) is 5.75. The van der Waals surface area contributed by atoms with Crippen molar-refractivity contribution < 1.29 is 28.6 Å². The van der Waals surface area contributed by atoms with Crippen LogP contribution in [0.5, 0.6) is 17.2 Å². The minimum atomic E-state index is -0.886. The van der Waals surface area contributed by atoms with Crippen LogP contribution in [0.1, 0.15) is 43.7 Å². The van der Waals surface area contributed by atoms with Crippen LogP contribution < -0.4 is 26.0 Å². The molecule has 0 saturated carbocycles. The molecule has 2 unspecified atom stereocenters. The zero-order valence-corrected chi connectivity index (χ0v) is 18.9. The Kier molecular flexibility index (Phi) is 6.45. The fraction of sp³-hybridized carbons (Fsp3) is 0.320. The van der Waals surface area contributed by atoms with Gasteiger partial charge in [-0.2, -0.15) is 0 Å². The van der Waals surface area contributed by atoms with Crippen molar-refractivity contribution in [3.63, 3.8) is 0 Å². The van der Waals surface area contributed by atoms with Crippen LogP contribution >= 0.6 is 0 Å². The average Bonchev–Trinajstić information content (AvgIpc) is 3.24. The molecule has 9 heteroatoms. The molecule has 0 spiro atoms. The van der Waals surface area contributed by atoms with Gasteiger partial charge in [0.2, 0.25) is 18.6 Å². The van der Waals surface area contributed by atoms with E-state index in [1.54, 1.807) is 30.3 Å². The summed E-state index contributed by atoms with van der Waals surface area (Å²) in [5, 5.41) is 13.7. The molecule has 1 aliphatic rings. The maximum atomic E-state index is 13.3. The van der Waals surface area contributed by atoms with Crippen LogP contribution in [-0.4, -0.2) is 29.8 Å². The van der Waals surface area contributed by atoms with Crippen molar-refractivity contribution in [2.45, 2.75) is 38.6 Å². The molecule has 2 amide bonds. The summed E-state index contributed by atoms with van der Waals surface area (Å²) in [5.74, 6) is -1.32. The van der Waals surface area contributed by atoms with Crippen molar-refractivity contribution in [2.75, 3.05) is 6.79 Å². The predicted molar refractivity (Wildman–Crippen MR) is 124 cm³/mol. The van der Waals surface area contributed by atoms with E-state index in [0.29, 0.717) is 34.5 Å². The lowest BCUT2D eigenvalue weighted by Crippen LogP contribution is -2.45. The summed E-state index contributed by atoms with van der Waals surface area (Å²) in [5.41, 5.74) is 6.02. The van der Waals surface area contributed by atoms with Crippen molar-refractivity contribution in [3.05, 3.63) is 64.0 Å². The summed E-state index contributed by atoms with van der Waals surface area (Å²) in [6.45, 7) is 3.82. The second-order valence-electron chi connectivity index (χ2n) is 8.69. The van der Waals surface area contributed by atoms with Gasteiger partial charge >= 0.3 is 0 Å². The molecule has 3 aromatic rings. The van der Waals surface area contributed by atoms with Gasteiger partial charge in [-0.05, 0) is 30.5 Å². The number of nitrogens with one attached hydrogen (secondary N) is 1. The minimum Gasteiger partial charge on any atom is -0.508 e. The second-order valence-corrected chi connectivity index (χ2v) is 8.69. The number of hydrogen-bond donors (Lipinski definition) is 3. The van der Waals surface area contributed by atoms with Gasteiger partial charge in [0.1, 0.15) is 17.4 Å². The molecular weight excluding hydrogens is 440 g/mol. The standard InChI is InChI=1S/C25H26N2O7/c1-13(2)7-18(25(26)31)27-23(29)9-15(16-8-21-22(10-19(16)28)34-12-33-21)17-11-32-20-6-4-3-5-14(20)24(17)30/h3-6,8,10-11,13,15,18,28H,7,9,12H2,1-2H3,(H2,26,31)(H,27,29). The maximum Gasteiger partial charge on any atom is 0.240 e.